The third kappa shape index (κ3) is 4.13. The smallest absolute Gasteiger partial charge is 0.255 e. The molecule has 0 aliphatic rings. The lowest BCUT2D eigenvalue weighted by atomic mass is 10.0. The van der Waals surface area contributed by atoms with Gasteiger partial charge in [0.15, 0.2) is 5.82 Å². The molecule has 0 fully saturated rings. The molecule has 0 saturated heterocycles. The zero-order valence-corrected chi connectivity index (χ0v) is 18.6. The Morgan fingerprint density at radius 2 is 1.91 bits per heavy atom. The molecule has 0 radical (unpaired) electrons. The van der Waals surface area contributed by atoms with Crippen LogP contribution in [0.4, 0.5) is 14.6 Å². The molecule has 34 heavy (non-hydrogen) atoms. The standard InChI is InChI=1S/C25H17F2N3O3S/c1-32-23-13-19(15-3-2-4-17(26)11-15)20(27)14-22(23)30-21-7-6-18(12-16(21)5-8-25(30)31)34-29-24-9-10-33-28-24/h2-14H,1H3,(H,28,29). The van der Waals surface area contributed by atoms with Gasteiger partial charge in [-0.2, -0.15) is 0 Å². The van der Waals surface area contributed by atoms with Crippen molar-refractivity contribution in [1.82, 2.24) is 9.72 Å². The topological polar surface area (TPSA) is 69.3 Å². The van der Waals surface area contributed by atoms with Crippen LogP contribution in [-0.4, -0.2) is 16.8 Å². The third-order valence-electron chi connectivity index (χ3n) is 5.22. The van der Waals surface area contributed by atoms with Gasteiger partial charge in [-0.15, -0.1) is 0 Å². The van der Waals surface area contributed by atoms with Gasteiger partial charge in [0, 0.05) is 28.7 Å². The summed E-state index contributed by atoms with van der Waals surface area (Å²) in [5.74, 6) is -0.221. The van der Waals surface area contributed by atoms with Gasteiger partial charge >= 0.3 is 0 Å². The van der Waals surface area contributed by atoms with Crippen LogP contribution in [0, 0.1) is 11.6 Å². The van der Waals surface area contributed by atoms with E-state index < -0.39 is 11.6 Å². The van der Waals surface area contributed by atoms with E-state index in [1.165, 1.54) is 66.3 Å². The molecule has 0 aliphatic heterocycles. The number of anilines is 1. The molecule has 0 bridgehead atoms. The minimum absolute atomic E-state index is 0.172. The highest BCUT2D eigenvalue weighted by molar-refractivity contribution is 8.00. The van der Waals surface area contributed by atoms with Crippen LogP contribution in [0.2, 0.25) is 0 Å². The lowest BCUT2D eigenvalue weighted by Crippen LogP contribution is -2.18. The quantitative estimate of drug-likeness (QED) is 0.300. The number of ether oxygens (including phenoxy) is 1. The number of halogens is 2. The summed E-state index contributed by atoms with van der Waals surface area (Å²) < 4.78 is 43.6. The maximum Gasteiger partial charge on any atom is 0.255 e. The van der Waals surface area contributed by atoms with Gasteiger partial charge in [-0.3, -0.25) is 9.36 Å². The van der Waals surface area contributed by atoms with Crippen LogP contribution in [0.15, 0.2) is 93.3 Å². The molecule has 0 unspecified atom stereocenters. The minimum atomic E-state index is -0.603. The Kier molecular flexibility index (Phi) is 5.77. The normalized spacial score (nSPS) is 11.0. The van der Waals surface area contributed by atoms with Crippen molar-refractivity contribution >= 4 is 28.7 Å². The molecule has 2 heterocycles. The van der Waals surface area contributed by atoms with Crippen LogP contribution in [0.5, 0.6) is 5.75 Å². The van der Waals surface area contributed by atoms with Crippen molar-refractivity contribution in [3.63, 3.8) is 0 Å². The second-order valence-corrected chi connectivity index (χ2v) is 8.21. The van der Waals surface area contributed by atoms with Crippen LogP contribution < -0.4 is 15.0 Å². The average Bonchev–Trinajstić information content (AvgIpc) is 3.36. The number of nitrogens with one attached hydrogen (secondary N) is 1. The Bertz CT molecular complexity index is 1550. The summed E-state index contributed by atoms with van der Waals surface area (Å²) in [6, 6.07) is 18.7. The largest absolute Gasteiger partial charge is 0.495 e. The van der Waals surface area contributed by atoms with E-state index in [2.05, 4.69) is 9.88 Å². The summed E-state index contributed by atoms with van der Waals surface area (Å²) in [4.78, 5) is 13.8. The van der Waals surface area contributed by atoms with Crippen LogP contribution in [-0.2, 0) is 0 Å². The van der Waals surface area contributed by atoms with Gasteiger partial charge < -0.3 is 14.0 Å². The van der Waals surface area contributed by atoms with E-state index in [0.29, 0.717) is 16.9 Å². The Morgan fingerprint density at radius 1 is 1.03 bits per heavy atom. The monoisotopic (exact) mass is 477 g/mol. The zero-order valence-electron chi connectivity index (χ0n) is 17.8. The summed E-state index contributed by atoms with van der Waals surface area (Å²) in [7, 11) is 1.44. The molecule has 5 rings (SSSR count). The molecule has 170 valence electrons. The predicted octanol–water partition coefficient (Wildman–Crippen LogP) is 6.05. The van der Waals surface area contributed by atoms with E-state index in [-0.39, 0.29) is 22.6 Å². The lowest BCUT2D eigenvalue weighted by Gasteiger charge is -2.16. The molecular weight excluding hydrogens is 460 g/mol. The van der Waals surface area contributed by atoms with Gasteiger partial charge in [0.25, 0.3) is 5.56 Å². The Balaban J connectivity index is 1.59. The molecule has 6 nitrogen and oxygen atoms in total. The molecule has 0 atom stereocenters. The van der Waals surface area contributed by atoms with E-state index in [1.54, 1.807) is 24.3 Å². The van der Waals surface area contributed by atoms with Crippen molar-refractivity contribution in [2.24, 2.45) is 0 Å². The number of hydrogen-bond acceptors (Lipinski definition) is 6. The summed E-state index contributed by atoms with van der Waals surface area (Å²) in [5, 5.41) is 4.56. The number of pyridine rings is 1. The van der Waals surface area contributed by atoms with Gasteiger partial charge in [0.2, 0.25) is 0 Å². The van der Waals surface area contributed by atoms with Crippen molar-refractivity contribution in [1.29, 1.82) is 0 Å². The number of methoxy groups -OCH3 is 1. The molecular formula is C25H17F2N3O3S. The van der Waals surface area contributed by atoms with Crippen molar-refractivity contribution in [2.45, 2.75) is 4.90 Å². The van der Waals surface area contributed by atoms with Crippen LogP contribution in [0.25, 0.3) is 27.7 Å². The molecule has 0 spiro atoms. The fourth-order valence-corrected chi connectivity index (χ4v) is 4.32. The van der Waals surface area contributed by atoms with Crippen LogP contribution in [0.3, 0.4) is 0 Å². The van der Waals surface area contributed by atoms with Gasteiger partial charge in [0.1, 0.15) is 23.6 Å². The summed E-state index contributed by atoms with van der Waals surface area (Å²) in [6.45, 7) is 0. The van der Waals surface area contributed by atoms with Crippen LogP contribution in [0.1, 0.15) is 0 Å². The van der Waals surface area contributed by atoms with E-state index in [1.807, 2.05) is 12.1 Å². The fraction of sp³-hybridized carbons (Fsp3) is 0.0400. The number of fused-ring (bicyclic) bond motifs is 1. The SMILES string of the molecule is COc1cc(-c2cccc(F)c2)c(F)cc1-n1c(=O)ccc2cc(SNc3ccon3)ccc21. The van der Waals surface area contributed by atoms with Gasteiger partial charge in [-0.1, -0.05) is 17.3 Å². The molecule has 5 aromatic rings. The first kappa shape index (κ1) is 21.7. The van der Waals surface area contributed by atoms with Crippen molar-refractivity contribution in [3.05, 3.63) is 101 Å². The second-order valence-electron chi connectivity index (χ2n) is 7.33. The highest BCUT2D eigenvalue weighted by Crippen LogP contribution is 2.34. The first-order valence-corrected chi connectivity index (χ1v) is 11.0. The minimum Gasteiger partial charge on any atom is -0.495 e. The number of nitrogens with zero attached hydrogens (tertiary/aromatic N) is 2. The summed E-state index contributed by atoms with van der Waals surface area (Å²) in [5.41, 5.74) is 1.02. The Morgan fingerprint density at radius 3 is 2.68 bits per heavy atom. The molecule has 3 aromatic carbocycles. The second kappa shape index (κ2) is 9.03. The molecule has 0 aliphatic carbocycles. The first-order chi connectivity index (χ1) is 16.5. The lowest BCUT2D eigenvalue weighted by molar-refractivity contribution is 0.412. The molecule has 0 amide bonds. The highest BCUT2D eigenvalue weighted by Gasteiger charge is 2.17. The van der Waals surface area contributed by atoms with E-state index >= 15 is 4.39 Å². The van der Waals surface area contributed by atoms with E-state index in [4.69, 9.17) is 9.26 Å². The van der Waals surface area contributed by atoms with Gasteiger partial charge in [-0.25, -0.2) is 8.78 Å². The predicted molar refractivity (Wildman–Crippen MR) is 127 cm³/mol. The number of aromatic nitrogens is 2. The highest BCUT2D eigenvalue weighted by atomic mass is 32.2. The van der Waals surface area contributed by atoms with Gasteiger partial charge in [0.05, 0.1) is 18.3 Å². The Hall–Kier alpha value is -4.11. The summed E-state index contributed by atoms with van der Waals surface area (Å²) >= 11 is 1.33. The number of rotatable bonds is 6. The molecule has 9 heteroatoms. The Labute approximate surface area is 196 Å². The maximum absolute atomic E-state index is 15.2. The molecule has 1 N–H and O–H groups in total. The molecule has 2 aromatic heterocycles. The molecule has 0 saturated carbocycles. The van der Waals surface area contributed by atoms with Crippen molar-refractivity contribution in [2.75, 3.05) is 11.8 Å². The maximum atomic E-state index is 15.2. The van der Waals surface area contributed by atoms with Crippen molar-refractivity contribution < 1.29 is 18.0 Å². The number of hydrogen-bond donors (Lipinski definition) is 1. The average molecular weight is 477 g/mol. The third-order valence-corrected chi connectivity index (χ3v) is 6.02. The van der Waals surface area contributed by atoms with Crippen LogP contribution >= 0.6 is 11.9 Å². The van der Waals surface area contributed by atoms with Crippen molar-refractivity contribution in [3.8, 4) is 22.6 Å². The zero-order chi connectivity index (χ0) is 23.7. The van der Waals surface area contributed by atoms with E-state index in [9.17, 15) is 9.18 Å². The summed E-state index contributed by atoms with van der Waals surface area (Å²) in [6.07, 6.45) is 1.47. The fourth-order valence-electron chi connectivity index (χ4n) is 3.67. The number of benzene rings is 3. The van der Waals surface area contributed by atoms with Gasteiger partial charge in [-0.05, 0) is 65.4 Å². The van der Waals surface area contributed by atoms with E-state index in [0.717, 1.165) is 10.3 Å². The first-order valence-electron chi connectivity index (χ1n) is 10.2.